The molecule has 2 amide bonds. The number of amides is 2. The number of hydrogen-bond donors (Lipinski definition) is 1. The Morgan fingerprint density at radius 1 is 0.778 bits per heavy atom. The molecule has 0 aromatic heterocycles. The summed E-state index contributed by atoms with van der Waals surface area (Å²) >= 11 is 19.1. The zero-order valence-electron chi connectivity index (χ0n) is 25.1. The van der Waals surface area contributed by atoms with Gasteiger partial charge < -0.3 is 10.2 Å². The van der Waals surface area contributed by atoms with Gasteiger partial charge in [0.2, 0.25) is 11.8 Å². The maximum absolute atomic E-state index is 14.5. The zero-order chi connectivity index (χ0) is 32.8. The number of nitrogens with one attached hydrogen (secondary N) is 1. The van der Waals surface area contributed by atoms with Crippen molar-refractivity contribution in [3.05, 3.63) is 129 Å². The van der Waals surface area contributed by atoms with E-state index in [1.165, 1.54) is 35.2 Å². The smallest absolute Gasteiger partial charge is 0.264 e. The first-order chi connectivity index (χ1) is 21.2. The number of benzene rings is 4. The van der Waals surface area contributed by atoms with Crippen molar-refractivity contribution in [1.29, 1.82) is 0 Å². The molecule has 0 aliphatic heterocycles. The Morgan fingerprint density at radius 3 is 2.00 bits per heavy atom. The Morgan fingerprint density at radius 2 is 1.38 bits per heavy atom. The van der Waals surface area contributed by atoms with Crippen molar-refractivity contribution in [1.82, 2.24) is 10.2 Å². The largest absolute Gasteiger partial charge is 0.350 e. The van der Waals surface area contributed by atoms with Crippen LogP contribution in [-0.4, -0.2) is 43.3 Å². The number of halogens is 3. The van der Waals surface area contributed by atoms with E-state index in [1.54, 1.807) is 42.5 Å². The first-order valence-electron chi connectivity index (χ1n) is 14.2. The van der Waals surface area contributed by atoms with Gasteiger partial charge in [0.25, 0.3) is 10.0 Å². The highest BCUT2D eigenvalue weighted by molar-refractivity contribution is 7.92. The first kappa shape index (κ1) is 34.3. The molecule has 0 saturated carbocycles. The molecular formula is C34H34Cl3N3O4S. The maximum atomic E-state index is 14.5. The summed E-state index contributed by atoms with van der Waals surface area (Å²) in [7, 11) is -4.31. The average molecular weight is 687 g/mol. The molecule has 0 bridgehead atoms. The Balaban J connectivity index is 1.84. The van der Waals surface area contributed by atoms with Gasteiger partial charge in [-0.3, -0.25) is 13.9 Å². The molecule has 0 radical (unpaired) electrons. The van der Waals surface area contributed by atoms with E-state index in [1.807, 2.05) is 51.1 Å². The third kappa shape index (κ3) is 9.23. The standard InChI is InChI=1S/C34H34Cl3N3O4S/c1-34(2,3)38-33(42)31(20-24-11-6-4-7-12-24)39(22-25-13-10-14-26(35)19-25)32(41)23-40(30-21-27(36)17-18-29(30)37)45(43,44)28-15-8-5-9-16-28/h4-19,21,31H,20,22-23H2,1-3H3,(H,38,42)/t31-/m1/s1. The Labute approximate surface area is 279 Å². The summed E-state index contributed by atoms with van der Waals surface area (Å²) in [4.78, 5) is 29.8. The van der Waals surface area contributed by atoms with Gasteiger partial charge in [0, 0.05) is 28.5 Å². The van der Waals surface area contributed by atoms with E-state index < -0.39 is 34.1 Å². The zero-order valence-corrected chi connectivity index (χ0v) is 28.2. The molecule has 0 aliphatic rings. The molecule has 1 atom stereocenters. The fraction of sp³-hybridized carbons (Fsp3) is 0.235. The number of rotatable bonds is 11. The minimum absolute atomic E-state index is 0.0169. The van der Waals surface area contributed by atoms with Gasteiger partial charge in [-0.15, -0.1) is 0 Å². The Kier molecular flexibility index (Phi) is 11.2. The molecule has 1 N–H and O–H groups in total. The van der Waals surface area contributed by atoms with Crippen molar-refractivity contribution in [3.8, 4) is 0 Å². The minimum atomic E-state index is -4.31. The monoisotopic (exact) mass is 685 g/mol. The van der Waals surface area contributed by atoms with E-state index in [0.717, 1.165) is 9.87 Å². The fourth-order valence-corrected chi connectivity index (χ4v) is 6.84. The highest BCUT2D eigenvalue weighted by Gasteiger charge is 2.36. The van der Waals surface area contributed by atoms with Crippen molar-refractivity contribution in [2.75, 3.05) is 10.8 Å². The normalized spacial score (nSPS) is 12.3. The highest BCUT2D eigenvalue weighted by atomic mass is 35.5. The number of anilines is 1. The molecule has 0 saturated heterocycles. The summed E-state index contributed by atoms with van der Waals surface area (Å²) in [6, 6.07) is 27.4. The molecule has 0 unspecified atom stereocenters. The molecule has 4 rings (SSSR count). The molecule has 0 heterocycles. The van der Waals surface area contributed by atoms with Crippen molar-refractivity contribution < 1.29 is 18.0 Å². The van der Waals surface area contributed by atoms with Gasteiger partial charge in [0.1, 0.15) is 12.6 Å². The van der Waals surface area contributed by atoms with Gasteiger partial charge in [-0.2, -0.15) is 0 Å². The van der Waals surface area contributed by atoms with E-state index in [4.69, 9.17) is 34.8 Å². The summed E-state index contributed by atoms with van der Waals surface area (Å²) in [6.45, 7) is 4.87. The predicted octanol–water partition coefficient (Wildman–Crippen LogP) is 7.40. The lowest BCUT2D eigenvalue weighted by molar-refractivity contribution is -0.140. The Bertz CT molecular complexity index is 1750. The third-order valence-corrected chi connectivity index (χ3v) is 9.36. The number of carbonyl (C=O) groups is 2. The molecular weight excluding hydrogens is 653 g/mol. The molecule has 0 spiro atoms. The van der Waals surface area contributed by atoms with Gasteiger partial charge in [-0.1, -0.05) is 95.5 Å². The lowest BCUT2D eigenvalue weighted by atomic mass is 10.0. The van der Waals surface area contributed by atoms with Crippen LogP contribution in [0.15, 0.2) is 108 Å². The number of nitrogens with zero attached hydrogens (tertiary/aromatic N) is 2. The molecule has 0 fully saturated rings. The molecule has 4 aromatic rings. The molecule has 7 nitrogen and oxygen atoms in total. The molecule has 45 heavy (non-hydrogen) atoms. The quantitative estimate of drug-likeness (QED) is 0.178. The van der Waals surface area contributed by atoms with E-state index in [0.29, 0.717) is 10.6 Å². The second-order valence-corrected chi connectivity index (χ2v) is 14.7. The van der Waals surface area contributed by atoms with Crippen LogP contribution in [0.3, 0.4) is 0 Å². The van der Waals surface area contributed by atoms with E-state index in [9.17, 15) is 18.0 Å². The summed E-state index contributed by atoms with van der Waals surface area (Å²) in [5.74, 6) is -1.02. The lowest BCUT2D eigenvalue weighted by Gasteiger charge is -2.35. The van der Waals surface area contributed by atoms with Crippen molar-refractivity contribution in [3.63, 3.8) is 0 Å². The second kappa shape index (κ2) is 14.7. The first-order valence-corrected chi connectivity index (χ1v) is 16.7. The van der Waals surface area contributed by atoms with Crippen molar-refractivity contribution in [2.45, 2.75) is 50.2 Å². The van der Waals surface area contributed by atoms with Crippen LogP contribution in [0.1, 0.15) is 31.9 Å². The number of hydrogen-bond acceptors (Lipinski definition) is 4. The van der Waals surface area contributed by atoms with E-state index in [-0.39, 0.29) is 39.5 Å². The highest BCUT2D eigenvalue weighted by Crippen LogP contribution is 2.33. The number of sulfonamides is 1. The summed E-state index contributed by atoms with van der Waals surface area (Å²) in [6.07, 6.45) is 0.179. The van der Waals surface area contributed by atoms with Gasteiger partial charge in [-0.25, -0.2) is 8.42 Å². The van der Waals surface area contributed by atoms with Crippen molar-refractivity contribution >= 4 is 62.3 Å². The van der Waals surface area contributed by atoms with Crippen LogP contribution in [0, 0.1) is 0 Å². The van der Waals surface area contributed by atoms with E-state index >= 15 is 0 Å². The Hall–Kier alpha value is -3.56. The topological polar surface area (TPSA) is 86.8 Å². The summed E-state index contributed by atoms with van der Waals surface area (Å²) in [5, 5.41) is 3.77. The van der Waals surface area contributed by atoms with Gasteiger partial charge in [0.15, 0.2) is 0 Å². The molecule has 0 aliphatic carbocycles. The van der Waals surface area contributed by atoms with Crippen LogP contribution < -0.4 is 9.62 Å². The predicted molar refractivity (Wildman–Crippen MR) is 181 cm³/mol. The molecule has 4 aromatic carbocycles. The average Bonchev–Trinajstić information content (AvgIpc) is 2.99. The molecule has 236 valence electrons. The van der Waals surface area contributed by atoms with Crippen LogP contribution in [0.2, 0.25) is 15.1 Å². The third-order valence-electron chi connectivity index (χ3n) is 6.80. The fourth-order valence-electron chi connectivity index (χ4n) is 4.75. The van der Waals surface area contributed by atoms with Gasteiger partial charge in [-0.05, 0) is 74.4 Å². The second-order valence-electron chi connectivity index (χ2n) is 11.5. The van der Waals surface area contributed by atoms with Crippen LogP contribution in [0.5, 0.6) is 0 Å². The van der Waals surface area contributed by atoms with E-state index in [2.05, 4.69) is 5.32 Å². The SMILES string of the molecule is CC(C)(C)NC(=O)[C@@H](Cc1ccccc1)N(Cc1cccc(Cl)c1)C(=O)CN(c1cc(Cl)ccc1Cl)S(=O)(=O)c1ccccc1. The van der Waals surface area contributed by atoms with Crippen LogP contribution in [-0.2, 0) is 32.6 Å². The maximum Gasteiger partial charge on any atom is 0.264 e. The van der Waals surface area contributed by atoms with Gasteiger partial charge >= 0.3 is 0 Å². The lowest BCUT2D eigenvalue weighted by Crippen LogP contribution is -2.56. The van der Waals surface area contributed by atoms with Gasteiger partial charge in [0.05, 0.1) is 15.6 Å². The van der Waals surface area contributed by atoms with Crippen LogP contribution in [0.4, 0.5) is 5.69 Å². The summed E-state index contributed by atoms with van der Waals surface area (Å²) in [5.41, 5.74) is 0.911. The number of carbonyl (C=O) groups excluding carboxylic acids is 2. The van der Waals surface area contributed by atoms with Crippen molar-refractivity contribution in [2.24, 2.45) is 0 Å². The minimum Gasteiger partial charge on any atom is -0.350 e. The molecule has 11 heteroatoms. The summed E-state index contributed by atoms with van der Waals surface area (Å²) < 4.78 is 29.1. The van der Waals surface area contributed by atoms with Crippen LogP contribution in [0.25, 0.3) is 0 Å². The van der Waals surface area contributed by atoms with Crippen LogP contribution >= 0.6 is 34.8 Å².